The van der Waals surface area contributed by atoms with Crippen LogP contribution in [0.15, 0.2) is 24.3 Å². The van der Waals surface area contributed by atoms with E-state index < -0.39 is 0 Å². The summed E-state index contributed by atoms with van der Waals surface area (Å²) in [6.07, 6.45) is 4.51. The Morgan fingerprint density at radius 1 is 1.26 bits per heavy atom. The van der Waals surface area contributed by atoms with E-state index in [1.54, 1.807) is 6.07 Å². The Kier molecular flexibility index (Phi) is 7.78. The molecule has 1 fully saturated rings. The first kappa shape index (κ1) is 22.9. The molecule has 4 rings (SSSR count). The molecule has 1 aliphatic heterocycles. The number of nitrogens with two attached hydrogens (primary N) is 1. The highest BCUT2D eigenvalue weighted by Crippen LogP contribution is 2.25. The fourth-order valence-electron chi connectivity index (χ4n) is 3.26. The second-order valence-electron chi connectivity index (χ2n) is 7.28. The van der Waals surface area contributed by atoms with Gasteiger partial charge in [0.15, 0.2) is 5.82 Å². The number of hydrogen-bond donors (Lipinski definition) is 3. The van der Waals surface area contributed by atoms with Crippen molar-refractivity contribution in [2.45, 2.75) is 19.4 Å². The van der Waals surface area contributed by atoms with Crippen LogP contribution in [0.2, 0.25) is 0 Å². The van der Waals surface area contributed by atoms with Gasteiger partial charge in [-0.1, -0.05) is 6.92 Å². The lowest BCUT2D eigenvalue weighted by molar-refractivity contribution is 0.122. The first-order chi connectivity index (χ1) is 14.6. The zero-order valence-electron chi connectivity index (χ0n) is 17.3. The first-order valence-electron chi connectivity index (χ1n) is 10.2. The van der Waals surface area contributed by atoms with Gasteiger partial charge in [-0.25, -0.2) is 4.39 Å². The largest absolute Gasteiger partial charge is 0.381 e. The number of fused-ring (bicyclic) bond motifs is 1. The number of aromatic amines is 1. The summed E-state index contributed by atoms with van der Waals surface area (Å²) in [6, 6.07) is 7.04. The van der Waals surface area contributed by atoms with Crippen LogP contribution in [0, 0.1) is 5.82 Å². The second-order valence-corrected chi connectivity index (χ2v) is 7.28. The summed E-state index contributed by atoms with van der Waals surface area (Å²) >= 11 is 0. The van der Waals surface area contributed by atoms with Gasteiger partial charge in [0.05, 0.1) is 35.8 Å². The quantitative estimate of drug-likeness (QED) is 0.511. The molecule has 166 valence electrons. The highest BCUT2D eigenvalue weighted by Gasteiger charge is 2.13. The predicted molar refractivity (Wildman–Crippen MR) is 124 cm³/mol. The maximum Gasteiger partial charge on any atom is 0.151 e. The normalized spacial score (nSPS) is 15.3. The Morgan fingerprint density at radius 2 is 2.06 bits per heavy atom. The van der Waals surface area contributed by atoms with Gasteiger partial charge < -0.3 is 20.7 Å². The molecule has 3 heterocycles. The molecule has 4 N–H and O–H groups in total. The molecule has 1 unspecified atom stereocenters. The van der Waals surface area contributed by atoms with Gasteiger partial charge in [-0.3, -0.25) is 5.10 Å². The van der Waals surface area contributed by atoms with Crippen molar-refractivity contribution in [3.8, 4) is 0 Å². The van der Waals surface area contributed by atoms with Gasteiger partial charge in [0, 0.05) is 37.1 Å². The molecule has 1 aliphatic rings. The number of hydrogen-bond acceptors (Lipinski definition) is 7. The Labute approximate surface area is 186 Å². The van der Waals surface area contributed by atoms with E-state index in [2.05, 4.69) is 30.6 Å². The molecular weight excluding hydrogens is 421 g/mol. The SMILES string of the molecule is CCC(N)CNc1cc2c(C=Cc3ccc(N4CCOCC4)nn3)n[nH]c2cc1F.Cl. The van der Waals surface area contributed by atoms with Crippen molar-refractivity contribution in [1.29, 1.82) is 0 Å². The minimum atomic E-state index is -0.338. The summed E-state index contributed by atoms with van der Waals surface area (Å²) in [4.78, 5) is 2.15. The zero-order chi connectivity index (χ0) is 20.9. The number of nitrogens with one attached hydrogen (secondary N) is 2. The summed E-state index contributed by atoms with van der Waals surface area (Å²) in [7, 11) is 0. The summed E-state index contributed by atoms with van der Waals surface area (Å²) in [5.41, 5.74) is 8.39. The number of anilines is 2. The third-order valence-corrected chi connectivity index (χ3v) is 5.18. The number of morpholine rings is 1. The molecule has 1 saturated heterocycles. The van der Waals surface area contributed by atoms with Crippen molar-refractivity contribution in [2.24, 2.45) is 5.73 Å². The van der Waals surface area contributed by atoms with Crippen LogP contribution in [-0.2, 0) is 4.74 Å². The lowest BCUT2D eigenvalue weighted by Crippen LogP contribution is -2.36. The van der Waals surface area contributed by atoms with Gasteiger partial charge in [-0.05, 0) is 36.8 Å². The number of aromatic nitrogens is 4. The third-order valence-electron chi connectivity index (χ3n) is 5.18. The number of rotatable bonds is 7. The van der Waals surface area contributed by atoms with Gasteiger partial charge >= 0.3 is 0 Å². The zero-order valence-corrected chi connectivity index (χ0v) is 18.2. The average molecular weight is 448 g/mol. The average Bonchev–Trinajstić information content (AvgIpc) is 3.18. The Balaban J connectivity index is 0.00000272. The topological polar surface area (TPSA) is 105 Å². The number of benzene rings is 1. The molecule has 0 saturated carbocycles. The van der Waals surface area contributed by atoms with Crippen LogP contribution in [0.25, 0.3) is 23.1 Å². The minimum absolute atomic E-state index is 0. The highest BCUT2D eigenvalue weighted by atomic mass is 35.5. The molecule has 3 aromatic rings. The maximum absolute atomic E-state index is 14.3. The van der Waals surface area contributed by atoms with E-state index in [-0.39, 0.29) is 24.3 Å². The lowest BCUT2D eigenvalue weighted by atomic mass is 10.1. The van der Waals surface area contributed by atoms with Crippen molar-refractivity contribution in [3.63, 3.8) is 0 Å². The summed E-state index contributed by atoms with van der Waals surface area (Å²) < 4.78 is 19.7. The summed E-state index contributed by atoms with van der Waals surface area (Å²) in [5.74, 6) is 0.506. The van der Waals surface area contributed by atoms with Gasteiger partial charge in [0.2, 0.25) is 0 Å². The standard InChI is InChI=1S/C21H26FN7O.ClH/c1-2-14(23)13-24-20-11-16-18(26-27-19(16)12-17(20)22)5-3-15-4-6-21(28-25-15)29-7-9-30-10-8-29;/h3-6,11-12,14,24H,2,7-10,13,23H2,1H3,(H,26,27);1H. The van der Waals surface area contributed by atoms with E-state index in [4.69, 9.17) is 10.5 Å². The first-order valence-corrected chi connectivity index (χ1v) is 10.2. The van der Waals surface area contributed by atoms with E-state index in [0.717, 1.165) is 36.4 Å². The van der Waals surface area contributed by atoms with Gasteiger partial charge in [0.1, 0.15) is 5.82 Å². The number of halogens is 2. The molecule has 31 heavy (non-hydrogen) atoms. The molecule has 8 nitrogen and oxygen atoms in total. The fraction of sp³-hybridized carbons (Fsp3) is 0.381. The molecule has 0 bridgehead atoms. The fourth-order valence-corrected chi connectivity index (χ4v) is 3.26. The molecule has 10 heteroatoms. The molecule has 1 atom stereocenters. The Morgan fingerprint density at radius 3 is 2.77 bits per heavy atom. The monoisotopic (exact) mass is 447 g/mol. The van der Waals surface area contributed by atoms with E-state index in [0.29, 0.717) is 36.7 Å². The Hall–Kier alpha value is -2.75. The second kappa shape index (κ2) is 10.5. The van der Waals surface area contributed by atoms with Crippen LogP contribution in [0.5, 0.6) is 0 Å². The minimum Gasteiger partial charge on any atom is -0.381 e. The molecule has 0 radical (unpaired) electrons. The van der Waals surface area contributed by atoms with Crippen LogP contribution in [0.1, 0.15) is 24.7 Å². The van der Waals surface area contributed by atoms with Crippen LogP contribution < -0.4 is 16.0 Å². The number of nitrogens with zero attached hydrogens (tertiary/aromatic N) is 4. The predicted octanol–water partition coefficient (Wildman–Crippen LogP) is 3.07. The van der Waals surface area contributed by atoms with Gasteiger partial charge in [-0.2, -0.15) is 5.10 Å². The summed E-state index contributed by atoms with van der Waals surface area (Å²) in [6.45, 7) is 5.56. The molecular formula is C21H27ClFN7O. The van der Waals surface area contributed by atoms with Crippen LogP contribution >= 0.6 is 12.4 Å². The molecule has 0 amide bonds. The third kappa shape index (κ3) is 5.49. The Bertz CT molecular complexity index is 1020. The van der Waals surface area contributed by atoms with E-state index in [9.17, 15) is 4.39 Å². The number of ether oxygens (including phenoxy) is 1. The van der Waals surface area contributed by atoms with E-state index >= 15 is 0 Å². The van der Waals surface area contributed by atoms with Crippen molar-refractivity contribution < 1.29 is 9.13 Å². The lowest BCUT2D eigenvalue weighted by Gasteiger charge is -2.27. The van der Waals surface area contributed by atoms with Gasteiger partial charge in [0.25, 0.3) is 0 Å². The smallest absolute Gasteiger partial charge is 0.151 e. The van der Waals surface area contributed by atoms with Crippen LogP contribution in [0.4, 0.5) is 15.9 Å². The van der Waals surface area contributed by atoms with Crippen LogP contribution in [0.3, 0.4) is 0 Å². The maximum atomic E-state index is 14.3. The van der Waals surface area contributed by atoms with Crippen LogP contribution in [-0.4, -0.2) is 59.3 Å². The molecule has 0 spiro atoms. The van der Waals surface area contributed by atoms with Crippen molar-refractivity contribution in [1.82, 2.24) is 20.4 Å². The highest BCUT2D eigenvalue weighted by molar-refractivity contribution is 5.91. The van der Waals surface area contributed by atoms with E-state index in [1.807, 2.05) is 31.2 Å². The summed E-state index contributed by atoms with van der Waals surface area (Å²) in [5, 5.41) is 19.7. The molecule has 0 aliphatic carbocycles. The van der Waals surface area contributed by atoms with Gasteiger partial charge in [-0.15, -0.1) is 22.6 Å². The van der Waals surface area contributed by atoms with Crippen molar-refractivity contribution in [2.75, 3.05) is 43.1 Å². The van der Waals surface area contributed by atoms with E-state index in [1.165, 1.54) is 6.07 Å². The van der Waals surface area contributed by atoms with Crippen molar-refractivity contribution >= 4 is 47.0 Å². The number of H-pyrrole nitrogens is 1. The molecule has 1 aromatic carbocycles. The van der Waals surface area contributed by atoms with Crippen molar-refractivity contribution in [3.05, 3.63) is 41.5 Å². The molecule has 2 aromatic heterocycles.